The standard InChI is InChI=1S/C14H18N2O7S/c1-20-9-4-3-8(10(5-9)21-2)6-15-13-12-11(23-14(13)17)7-22-24(18,19)16-12/h3-5,11-13,15-16H,6-7H2,1-2H3/t11-,12+,13-/m1/s1. The van der Waals surface area contributed by atoms with Crippen molar-refractivity contribution in [1.29, 1.82) is 0 Å². The zero-order valence-electron chi connectivity index (χ0n) is 13.1. The zero-order chi connectivity index (χ0) is 17.3. The van der Waals surface area contributed by atoms with E-state index in [0.717, 1.165) is 5.56 Å². The summed E-state index contributed by atoms with van der Waals surface area (Å²) in [5.41, 5.74) is 0.796. The summed E-state index contributed by atoms with van der Waals surface area (Å²) in [6.07, 6.45) is -0.642. The Hall–Kier alpha value is -1.88. The Morgan fingerprint density at radius 1 is 1.33 bits per heavy atom. The molecule has 3 rings (SSSR count). The molecule has 0 aliphatic carbocycles. The molecule has 3 atom stereocenters. The van der Waals surface area contributed by atoms with Gasteiger partial charge in [0.05, 0.1) is 20.3 Å². The monoisotopic (exact) mass is 358 g/mol. The number of fused-ring (bicyclic) bond motifs is 1. The Labute approximate surface area is 139 Å². The van der Waals surface area contributed by atoms with E-state index in [1.54, 1.807) is 25.3 Å². The Morgan fingerprint density at radius 3 is 2.83 bits per heavy atom. The Kier molecular flexibility index (Phi) is 4.63. The second-order valence-corrected chi connectivity index (χ2v) is 6.77. The molecule has 24 heavy (non-hydrogen) atoms. The Balaban J connectivity index is 1.73. The molecule has 1 aromatic rings. The van der Waals surface area contributed by atoms with E-state index in [1.807, 2.05) is 0 Å². The quantitative estimate of drug-likeness (QED) is 0.666. The number of ether oxygens (including phenoxy) is 3. The molecule has 10 heteroatoms. The fourth-order valence-electron chi connectivity index (χ4n) is 2.72. The highest BCUT2D eigenvalue weighted by molar-refractivity contribution is 7.84. The van der Waals surface area contributed by atoms with Gasteiger partial charge in [0.25, 0.3) is 0 Å². The first-order chi connectivity index (χ1) is 11.4. The lowest BCUT2D eigenvalue weighted by Gasteiger charge is -2.26. The van der Waals surface area contributed by atoms with Crippen LogP contribution in [0.25, 0.3) is 0 Å². The van der Waals surface area contributed by atoms with E-state index < -0.39 is 34.5 Å². The second kappa shape index (κ2) is 6.55. The smallest absolute Gasteiger partial charge is 0.336 e. The summed E-state index contributed by atoms with van der Waals surface area (Å²) in [4.78, 5) is 12.0. The van der Waals surface area contributed by atoms with Crippen LogP contribution in [-0.2, 0) is 30.6 Å². The normalized spacial score (nSPS) is 28.1. The van der Waals surface area contributed by atoms with Gasteiger partial charge in [0.2, 0.25) is 0 Å². The number of carbonyl (C=O) groups excluding carboxylic acids is 1. The van der Waals surface area contributed by atoms with Crippen molar-refractivity contribution in [3.63, 3.8) is 0 Å². The molecule has 2 N–H and O–H groups in total. The van der Waals surface area contributed by atoms with E-state index in [-0.39, 0.29) is 6.61 Å². The van der Waals surface area contributed by atoms with Crippen LogP contribution < -0.4 is 19.5 Å². The molecule has 2 aliphatic heterocycles. The molecule has 2 aliphatic rings. The van der Waals surface area contributed by atoms with Crippen LogP contribution >= 0.6 is 0 Å². The first-order valence-electron chi connectivity index (χ1n) is 7.25. The third-order valence-electron chi connectivity index (χ3n) is 3.96. The van der Waals surface area contributed by atoms with Gasteiger partial charge >= 0.3 is 16.3 Å². The maximum atomic E-state index is 12.0. The van der Waals surface area contributed by atoms with Crippen molar-refractivity contribution in [3.05, 3.63) is 23.8 Å². The van der Waals surface area contributed by atoms with Crippen molar-refractivity contribution >= 4 is 16.3 Å². The molecular formula is C14H18N2O7S. The van der Waals surface area contributed by atoms with Crippen LogP contribution in [0.2, 0.25) is 0 Å². The molecule has 0 unspecified atom stereocenters. The van der Waals surface area contributed by atoms with Crippen LogP contribution in [-0.4, -0.2) is 53.4 Å². The van der Waals surface area contributed by atoms with Crippen LogP contribution in [0, 0.1) is 0 Å². The van der Waals surface area contributed by atoms with Gasteiger partial charge < -0.3 is 14.2 Å². The first kappa shape index (κ1) is 17.0. The molecule has 0 amide bonds. The van der Waals surface area contributed by atoms with Gasteiger partial charge in [-0.15, -0.1) is 0 Å². The van der Waals surface area contributed by atoms with Crippen LogP contribution in [0.15, 0.2) is 18.2 Å². The molecule has 0 saturated carbocycles. The Bertz CT molecular complexity index is 737. The minimum absolute atomic E-state index is 0.185. The second-order valence-electron chi connectivity index (χ2n) is 5.39. The molecule has 132 valence electrons. The maximum absolute atomic E-state index is 12.0. The van der Waals surface area contributed by atoms with Gasteiger partial charge in [-0.3, -0.25) is 14.3 Å². The van der Waals surface area contributed by atoms with Gasteiger partial charge in [-0.1, -0.05) is 6.07 Å². The van der Waals surface area contributed by atoms with E-state index >= 15 is 0 Å². The minimum atomic E-state index is -3.86. The summed E-state index contributed by atoms with van der Waals surface area (Å²) in [6, 6.07) is 3.79. The van der Waals surface area contributed by atoms with Gasteiger partial charge in [-0.25, -0.2) is 0 Å². The van der Waals surface area contributed by atoms with Gasteiger partial charge in [0.15, 0.2) is 0 Å². The average molecular weight is 358 g/mol. The summed E-state index contributed by atoms with van der Waals surface area (Å²) < 4.78 is 45.6. The van der Waals surface area contributed by atoms with E-state index in [4.69, 9.17) is 14.2 Å². The van der Waals surface area contributed by atoms with E-state index in [9.17, 15) is 13.2 Å². The molecule has 0 aromatic heterocycles. The predicted molar refractivity (Wildman–Crippen MR) is 81.8 cm³/mol. The zero-order valence-corrected chi connectivity index (χ0v) is 14.0. The molecule has 2 heterocycles. The molecule has 2 fully saturated rings. The minimum Gasteiger partial charge on any atom is -0.497 e. The van der Waals surface area contributed by atoms with Crippen LogP contribution in [0.3, 0.4) is 0 Å². The summed E-state index contributed by atoms with van der Waals surface area (Å²) in [5.74, 6) is 0.719. The highest BCUT2D eigenvalue weighted by Crippen LogP contribution is 2.26. The molecule has 0 radical (unpaired) electrons. The number of methoxy groups -OCH3 is 2. The van der Waals surface area contributed by atoms with E-state index in [2.05, 4.69) is 14.2 Å². The van der Waals surface area contributed by atoms with Gasteiger partial charge in [-0.2, -0.15) is 13.1 Å². The summed E-state index contributed by atoms with van der Waals surface area (Å²) in [7, 11) is -0.775. The fraction of sp³-hybridized carbons (Fsp3) is 0.500. The number of nitrogens with one attached hydrogen (secondary N) is 2. The summed E-state index contributed by atoms with van der Waals surface area (Å²) in [6.45, 7) is 0.106. The molecule has 0 spiro atoms. The third kappa shape index (κ3) is 3.31. The van der Waals surface area contributed by atoms with E-state index in [0.29, 0.717) is 18.0 Å². The maximum Gasteiger partial charge on any atom is 0.336 e. The van der Waals surface area contributed by atoms with Crippen molar-refractivity contribution < 1.29 is 31.6 Å². The average Bonchev–Trinajstić information content (AvgIpc) is 2.86. The third-order valence-corrected chi connectivity index (χ3v) is 4.96. The summed E-state index contributed by atoms with van der Waals surface area (Å²) in [5, 5.41) is 3.02. The summed E-state index contributed by atoms with van der Waals surface area (Å²) >= 11 is 0. The van der Waals surface area contributed by atoms with Crippen LogP contribution in [0.4, 0.5) is 0 Å². The van der Waals surface area contributed by atoms with Gasteiger partial charge in [-0.05, 0) is 6.07 Å². The number of rotatable bonds is 5. The highest BCUT2D eigenvalue weighted by Gasteiger charge is 2.49. The number of benzene rings is 1. The van der Waals surface area contributed by atoms with E-state index in [1.165, 1.54) is 7.11 Å². The van der Waals surface area contributed by atoms with Gasteiger partial charge in [0.1, 0.15) is 30.3 Å². The number of hydrogen-bond donors (Lipinski definition) is 2. The van der Waals surface area contributed by atoms with Crippen molar-refractivity contribution in [2.75, 3.05) is 20.8 Å². The lowest BCUT2D eigenvalue weighted by atomic mass is 10.1. The number of hydrogen-bond acceptors (Lipinski definition) is 8. The number of carbonyl (C=O) groups is 1. The van der Waals surface area contributed by atoms with Crippen molar-refractivity contribution in [3.8, 4) is 11.5 Å². The Morgan fingerprint density at radius 2 is 2.12 bits per heavy atom. The van der Waals surface area contributed by atoms with Crippen molar-refractivity contribution in [2.45, 2.75) is 24.7 Å². The first-order valence-corrected chi connectivity index (χ1v) is 8.66. The lowest BCUT2D eigenvalue weighted by molar-refractivity contribution is -0.144. The van der Waals surface area contributed by atoms with Crippen molar-refractivity contribution in [2.24, 2.45) is 0 Å². The van der Waals surface area contributed by atoms with Gasteiger partial charge in [0, 0.05) is 18.2 Å². The topological polar surface area (TPSA) is 112 Å². The fourth-order valence-corrected chi connectivity index (χ4v) is 3.73. The predicted octanol–water partition coefficient (Wildman–Crippen LogP) is -0.679. The lowest BCUT2D eigenvalue weighted by Crippen LogP contribution is -2.57. The number of esters is 1. The molecule has 2 saturated heterocycles. The van der Waals surface area contributed by atoms with Crippen LogP contribution in [0.1, 0.15) is 5.56 Å². The SMILES string of the molecule is COc1ccc(CN[C@H]2C(=O)O[C@@H]3COS(=O)(=O)N[C@@H]32)c(OC)c1. The largest absolute Gasteiger partial charge is 0.497 e. The molecule has 9 nitrogen and oxygen atoms in total. The van der Waals surface area contributed by atoms with Crippen molar-refractivity contribution in [1.82, 2.24) is 10.0 Å². The van der Waals surface area contributed by atoms with Crippen LogP contribution in [0.5, 0.6) is 11.5 Å². The molecule has 0 bridgehead atoms. The highest BCUT2D eigenvalue weighted by atomic mass is 32.2. The molecular weight excluding hydrogens is 340 g/mol. The molecule has 1 aromatic carbocycles.